The van der Waals surface area contributed by atoms with Gasteiger partial charge in [-0.2, -0.15) is 0 Å². The van der Waals surface area contributed by atoms with Crippen LogP contribution in [0.4, 0.5) is 11.6 Å². The van der Waals surface area contributed by atoms with Crippen molar-refractivity contribution >= 4 is 34.2 Å². The molecule has 0 unspecified atom stereocenters. The standard InChI is InChI=1S/C20H15N5S/c1-2-8-16-15(7-1)19-23-17-9-3-5-13(21-17)11-26-12-14-6-4-10-18(22-14)24-20(16)25-19/h1-10H,11-12H2,(H,21,22,23,24,25). The Morgan fingerprint density at radius 2 is 1.19 bits per heavy atom. The van der Waals surface area contributed by atoms with E-state index in [1.54, 1.807) is 11.8 Å². The van der Waals surface area contributed by atoms with E-state index < -0.39 is 0 Å². The quantitative estimate of drug-likeness (QED) is 0.523. The van der Waals surface area contributed by atoms with Crippen molar-refractivity contribution in [2.75, 3.05) is 0 Å². The smallest absolute Gasteiger partial charge is 0.154 e. The summed E-state index contributed by atoms with van der Waals surface area (Å²) in [5.74, 6) is 3.05. The monoisotopic (exact) mass is 357 g/mol. The van der Waals surface area contributed by atoms with E-state index in [1.165, 1.54) is 0 Å². The number of H-pyrrole nitrogens is 1. The van der Waals surface area contributed by atoms with Crippen LogP contribution < -0.4 is 11.0 Å². The number of nitrogens with one attached hydrogen (secondary N) is 1. The van der Waals surface area contributed by atoms with Gasteiger partial charge in [0.05, 0.1) is 11.4 Å². The van der Waals surface area contributed by atoms with Crippen molar-refractivity contribution < 1.29 is 0 Å². The van der Waals surface area contributed by atoms with E-state index in [9.17, 15) is 0 Å². The molecule has 0 radical (unpaired) electrons. The van der Waals surface area contributed by atoms with E-state index in [0.29, 0.717) is 11.6 Å². The van der Waals surface area contributed by atoms with Crippen LogP contribution in [0.3, 0.4) is 0 Å². The Balaban J connectivity index is 1.84. The lowest BCUT2D eigenvalue weighted by Crippen LogP contribution is -2.10. The molecule has 0 fully saturated rings. The summed E-state index contributed by atoms with van der Waals surface area (Å²) in [5.41, 5.74) is 3.57. The first-order chi connectivity index (χ1) is 12.8. The molecule has 0 atom stereocenters. The fourth-order valence-corrected chi connectivity index (χ4v) is 3.87. The number of hydrogen-bond acceptors (Lipinski definition) is 5. The highest BCUT2D eigenvalue weighted by Gasteiger charge is 2.06. The van der Waals surface area contributed by atoms with E-state index in [4.69, 9.17) is 9.98 Å². The summed E-state index contributed by atoms with van der Waals surface area (Å²) in [4.78, 5) is 22.2. The molecule has 0 spiro atoms. The molecule has 4 aromatic rings. The van der Waals surface area contributed by atoms with E-state index in [-0.39, 0.29) is 0 Å². The fraction of sp³-hybridized carbons (Fsp3) is 0.100. The lowest BCUT2D eigenvalue weighted by Gasteiger charge is -2.03. The Bertz CT molecular complexity index is 1130. The SMILES string of the molecule is c1cc2nc(c1)/N=c1\[nH]/c(c3ccccc13)=N\c1cccc(n1)CSC2. The summed E-state index contributed by atoms with van der Waals surface area (Å²) in [5, 5.41) is 2.05. The highest BCUT2D eigenvalue weighted by atomic mass is 32.2. The van der Waals surface area contributed by atoms with Gasteiger partial charge in [0.2, 0.25) is 0 Å². The summed E-state index contributed by atoms with van der Waals surface area (Å²) < 4.78 is 0. The normalized spacial score (nSPS) is 16.2. The summed E-state index contributed by atoms with van der Waals surface area (Å²) in [6, 6.07) is 20.0. The maximum absolute atomic E-state index is 4.73. The topological polar surface area (TPSA) is 66.3 Å². The largest absolute Gasteiger partial charge is 0.324 e. The third kappa shape index (κ3) is 2.88. The van der Waals surface area contributed by atoms with Crippen LogP contribution in [-0.4, -0.2) is 15.0 Å². The Kier molecular flexibility index (Phi) is 3.75. The van der Waals surface area contributed by atoms with Gasteiger partial charge in [-0.25, -0.2) is 20.0 Å². The van der Waals surface area contributed by atoms with Gasteiger partial charge < -0.3 is 4.98 Å². The first-order valence-electron chi connectivity index (χ1n) is 8.39. The first kappa shape index (κ1) is 15.3. The van der Waals surface area contributed by atoms with Crippen molar-refractivity contribution in [2.45, 2.75) is 11.5 Å². The molecule has 26 heavy (non-hydrogen) atoms. The van der Waals surface area contributed by atoms with E-state index in [2.05, 4.69) is 15.0 Å². The van der Waals surface area contributed by atoms with Crippen LogP contribution in [0.15, 0.2) is 70.6 Å². The number of pyridine rings is 2. The fourth-order valence-electron chi connectivity index (χ4n) is 3.03. The minimum atomic E-state index is 0.704. The number of fused-ring (bicyclic) bond motifs is 9. The summed E-state index contributed by atoms with van der Waals surface area (Å²) >= 11 is 1.79. The Morgan fingerprint density at radius 1 is 0.654 bits per heavy atom. The third-order valence-corrected chi connectivity index (χ3v) is 5.21. The number of aromatic amines is 1. The van der Waals surface area contributed by atoms with Crippen molar-refractivity contribution in [3.8, 4) is 0 Å². The first-order valence-corrected chi connectivity index (χ1v) is 9.54. The third-order valence-electron chi connectivity index (χ3n) is 4.21. The second-order valence-corrected chi connectivity index (χ2v) is 7.04. The average Bonchev–Trinajstić information content (AvgIpc) is 3.00. The lowest BCUT2D eigenvalue weighted by molar-refractivity contribution is 1.06. The Morgan fingerprint density at radius 3 is 1.73 bits per heavy atom. The molecule has 5 nitrogen and oxygen atoms in total. The predicted octanol–water partition coefficient (Wildman–Crippen LogP) is 3.61. The van der Waals surface area contributed by atoms with Crippen molar-refractivity contribution in [2.24, 2.45) is 9.98 Å². The molecule has 3 aromatic heterocycles. The molecule has 6 bridgehead atoms. The molecule has 1 aliphatic rings. The maximum atomic E-state index is 4.73. The van der Waals surface area contributed by atoms with E-state index in [0.717, 1.165) is 44.6 Å². The number of thioether (sulfide) groups is 1. The minimum absolute atomic E-state index is 0.704. The molecule has 0 amide bonds. The van der Waals surface area contributed by atoms with Crippen LogP contribution in [0.25, 0.3) is 10.8 Å². The van der Waals surface area contributed by atoms with Gasteiger partial charge in [-0.1, -0.05) is 36.4 Å². The molecule has 1 aliphatic heterocycles. The Labute approximate surface area is 154 Å². The van der Waals surface area contributed by atoms with Crippen LogP contribution in [-0.2, 0) is 11.5 Å². The van der Waals surface area contributed by atoms with Crippen LogP contribution in [0.5, 0.6) is 0 Å². The number of rotatable bonds is 0. The number of hydrogen-bond donors (Lipinski definition) is 1. The number of benzene rings is 1. The molecule has 1 aromatic carbocycles. The zero-order valence-electron chi connectivity index (χ0n) is 13.9. The van der Waals surface area contributed by atoms with Gasteiger partial charge in [0.25, 0.3) is 0 Å². The van der Waals surface area contributed by atoms with Gasteiger partial charge in [-0.15, -0.1) is 11.8 Å². The van der Waals surface area contributed by atoms with Crippen molar-refractivity contribution in [3.05, 3.63) is 83.0 Å². The molecule has 1 N–H and O–H groups in total. The van der Waals surface area contributed by atoms with Gasteiger partial charge in [0.15, 0.2) is 11.6 Å². The highest BCUT2D eigenvalue weighted by molar-refractivity contribution is 7.97. The van der Waals surface area contributed by atoms with E-state index >= 15 is 0 Å². The summed E-state index contributed by atoms with van der Waals surface area (Å²) in [7, 11) is 0. The zero-order valence-corrected chi connectivity index (χ0v) is 14.7. The molecule has 0 saturated carbocycles. The van der Waals surface area contributed by atoms with Gasteiger partial charge in [-0.3, -0.25) is 0 Å². The van der Waals surface area contributed by atoms with Crippen LogP contribution in [0, 0.1) is 0 Å². The molecule has 6 heteroatoms. The van der Waals surface area contributed by atoms with Crippen molar-refractivity contribution in [3.63, 3.8) is 0 Å². The van der Waals surface area contributed by atoms with Crippen molar-refractivity contribution in [1.82, 2.24) is 15.0 Å². The Hall–Kier alpha value is -2.99. The molecular formula is C20H15N5S. The second kappa shape index (κ2) is 6.38. The second-order valence-electron chi connectivity index (χ2n) is 6.06. The average molecular weight is 357 g/mol. The lowest BCUT2D eigenvalue weighted by atomic mass is 10.2. The van der Waals surface area contributed by atoms with Gasteiger partial charge >= 0.3 is 0 Å². The van der Waals surface area contributed by atoms with Gasteiger partial charge in [0.1, 0.15) is 11.0 Å². The number of nitrogens with zero attached hydrogens (tertiary/aromatic N) is 4. The van der Waals surface area contributed by atoms with Crippen LogP contribution in [0.2, 0.25) is 0 Å². The van der Waals surface area contributed by atoms with E-state index in [1.807, 2.05) is 60.7 Å². The van der Waals surface area contributed by atoms with Crippen molar-refractivity contribution in [1.29, 1.82) is 0 Å². The molecule has 5 rings (SSSR count). The molecule has 4 heterocycles. The van der Waals surface area contributed by atoms with Gasteiger partial charge in [-0.05, 0) is 24.3 Å². The summed E-state index contributed by atoms with van der Waals surface area (Å²) in [6.45, 7) is 0. The van der Waals surface area contributed by atoms with Crippen LogP contribution in [0.1, 0.15) is 11.4 Å². The zero-order chi connectivity index (χ0) is 17.3. The molecule has 126 valence electrons. The molecule has 0 saturated heterocycles. The van der Waals surface area contributed by atoms with Crippen LogP contribution >= 0.6 is 11.8 Å². The van der Waals surface area contributed by atoms with Gasteiger partial charge in [0, 0.05) is 22.3 Å². The molecule has 0 aliphatic carbocycles. The number of aromatic nitrogens is 3. The predicted molar refractivity (Wildman–Crippen MR) is 103 cm³/mol. The minimum Gasteiger partial charge on any atom is -0.324 e. The molecular weight excluding hydrogens is 342 g/mol. The maximum Gasteiger partial charge on any atom is 0.154 e. The summed E-state index contributed by atoms with van der Waals surface area (Å²) in [6.07, 6.45) is 0. The highest BCUT2D eigenvalue weighted by Crippen LogP contribution is 2.19.